The van der Waals surface area contributed by atoms with Gasteiger partial charge in [-0.25, -0.2) is 0 Å². The van der Waals surface area contributed by atoms with E-state index in [0.29, 0.717) is 42.9 Å². The quantitative estimate of drug-likeness (QED) is 0.158. The Kier molecular flexibility index (Phi) is 8.12. The first-order chi connectivity index (χ1) is 25.1. The molecule has 0 saturated heterocycles. The van der Waals surface area contributed by atoms with Gasteiger partial charge in [0.1, 0.15) is 0 Å². The third-order valence-electron chi connectivity index (χ3n) is 8.73. The van der Waals surface area contributed by atoms with Gasteiger partial charge >= 0.3 is 0 Å². The predicted octanol–water partition coefficient (Wildman–Crippen LogP) is 8.02. The van der Waals surface area contributed by atoms with Crippen LogP contribution in [0.15, 0.2) is 129 Å². The van der Waals surface area contributed by atoms with Crippen molar-refractivity contribution in [3.05, 3.63) is 131 Å². The van der Waals surface area contributed by atoms with Crippen molar-refractivity contribution in [3.63, 3.8) is 0 Å². The Bertz CT molecular complexity index is 2380. The van der Waals surface area contributed by atoms with Crippen LogP contribution in [0.4, 0.5) is 11.4 Å². The van der Waals surface area contributed by atoms with Gasteiger partial charge in [0.25, 0.3) is 23.6 Å². The second-order valence-corrected chi connectivity index (χ2v) is 14.2. The molecule has 0 atom stereocenters. The molecule has 0 aliphatic carbocycles. The molecule has 2 aliphatic rings. The fraction of sp³-hybridized carbons (Fsp3) is 0.0500. The standard InChI is InChI=1S/C40H26N4O6S2/c1-21(45)41-29-13-3-5-15-33(29)51-31-19-17-27-35-23(31)9-7-11-25(35)37(47)43(39(27)49)44-38(48)26-12-8-10-24-32(20-18-28(36(24)26)40(44)50)52-34-16-6-4-14-30(34)42-22(2)46/h3-20H,1-2H3,(H,41,45)(H,42,46). The van der Waals surface area contributed by atoms with E-state index in [-0.39, 0.29) is 34.1 Å². The molecule has 10 nitrogen and oxygen atoms in total. The zero-order valence-electron chi connectivity index (χ0n) is 27.6. The molecule has 52 heavy (non-hydrogen) atoms. The summed E-state index contributed by atoms with van der Waals surface area (Å²) in [5.41, 5.74) is 1.91. The summed E-state index contributed by atoms with van der Waals surface area (Å²) in [5, 5.41) is 9.05. The molecule has 12 heteroatoms. The highest BCUT2D eigenvalue weighted by Gasteiger charge is 2.45. The van der Waals surface area contributed by atoms with Gasteiger partial charge in [-0.05, 0) is 71.4 Å². The minimum atomic E-state index is -0.803. The molecule has 0 radical (unpaired) electrons. The van der Waals surface area contributed by atoms with Crippen LogP contribution < -0.4 is 10.6 Å². The molecule has 6 aromatic rings. The lowest BCUT2D eigenvalue weighted by molar-refractivity contribution is -0.115. The third-order valence-corrected chi connectivity index (χ3v) is 11.0. The van der Waals surface area contributed by atoms with Crippen LogP contribution in [-0.2, 0) is 9.59 Å². The summed E-state index contributed by atoms with van der Waals surface area (Å²) >= 11 is 2.75. The Hall–Kier alpha value is -6.24. The summed E-state index contributed by atoms with van der Waals surface area (Å²) in [6.07, 6.45) is 0. The van der Waals surface area contributed by atoms with Crippen molar-refractivity contribution in [2.24, 2.45) is 0 Å². The maximum Gasteiger partial charge on any atom is 0.281 e. The number of amides is 6. The van der Waals surface area contributed by atoms with Crippen LogP contribution in [0.2, 0.25) is 0 Å². The largest absolute Gasteiger partial charge is 0.325 e. The fourth-order valence-electron chi connectivity index (χ4n) is 6.59. The van der Waals surface area contributed by atoms with Gasteiger partial charge in [-0.3, -0.25) is 28.8 Å². The molecular weight excluding hydrogens is 697 g/mol. The molecular formula is C40H26N4O6S2. The van der Waals surface area contributed by atoms with Crippen LogP contribution >= 0.6 is 23.5 Å². The SMILES string of the molecule is CC(=O)Nc1ccccc1Sc1ccc2c3c(cccc13)C(=O)N(N1C(=O)c3cccc4c(Sc5ccccc5NC(C)=O)ccc(c34)C1=O)C2=O. The van der Waals surface area contributed by atoms with E-state index in [0.717, 1.165) is 19.6 Å². The summed E-state index contributed by atoms with van der Waals surface area (Å²) in [6, 6.07) is 31.5. The number of nitrogens with zero attached hydrogens (tertiary/aromatic N) is 2. The molecule has 0 saturated carbocycles. The summed E-state index contributed by atoms with van der Waals surface area (Å²) in [5.74, 6) is -3.65. The molecule has 6 amide bonds. The third kappa shape index (κ3) is 5.40. The topological polar surface area (TPSA) is 133 Å². The van der Waals surface area contributed by atoms with Gasteiger partial charge in [-0.15, -0.1) is 0 Å². The average molecular weight is 723 g/mol. The molecule has 0 bridgehead atoms. The summed E-state index contributed by atoms with van der Waals surface area (Å²) < 4.78 is 0. The number of para-hydroxylation sites is 2. The monoisotopic (exact) mass is 722 g/mol. The normalized spacial score (nSPS) is 13.6. The zero-order valence-corrected chi connectivity index (χ0v) is 29.2. The van der Waals surface area contributed by atoms with Crippen LogP contribution in [0.25, 0.3) is 21.5 Å². The van der Waals surface area contributed by atoms with Crippen molar-refractivity contribution in [1.29, 1.82) is 0 Å². The second kappa shape index (κ2) is 12.8. The van der Waals surface area contributed by atoms with Crippen molar-refractivity contribution >= 4 is 91.9 Å². The van der Waals surface area contributed by atoms with E-state index in [1.807, 2.05) is 36.4 Å². The van der Waals surface area contributed by atoms with Crippen molar-refractivity contribution < 1.29 is 28.8 Å². The molecule has 0 spiro atoms. The highest BCUT2D eigenvalue weighted by atomic mass is 32.2. The number of imide groups is 2. The van der Waals surface area contributed by atoms with E-state index in [2.05, 4.69) is 10.6 Å². The van der Waals surface area contributed by atoms with Gasteiger partial charge < -0.3 is 10.6 Å². The highest BCUT2D eigenvalue weighted by Crippen LogP contribution is 2.44. The highest BCUT2D eigenvalue weighted by molar-refractivity contribution is 8.00. The van der Waals surface area contributed by atoms with E-state index in [9.17, 15) is 28.8 Å². The van der Waals surface area contributed by atoms with E-state index < -0.39 is 23.6 Å². The van der Waals surface area contributed by atoms with E-state index >= 15 is 0 Å². The van der Waals surface area contributed by atoms with Crippen molar-refractivity contribution in [1.82, 2.24) is 10.0 Å². The smallest absolute Gasteiger partial charge is 0.281 e. The summed E-state index contributed by atoms with van der Waals surface area (Å²) in [7, 11) is 0. The molecule has 6 aromatic carbocycles. The van der Waals surface area contributed by atoms with Gasteiger partial charge in [0.2, 0.25) is 11.8 Å². The number of hydrogen-bond donors (Lipinski definition) is 2. The minimum absolute atomic E-state index is 0.166. The number of nitrogens with one attached hydrogen (secondary N) is 2. The Balaban J connectivity index is 1.16. The Morgan fingerprint density at radius 2 is 0.808 bits per heavy atom. The summed E-state index contributed by atoms with van der Waals surface area (Å²) in [6.45, 7) is 2.86. The van der Waals surface area contributed by atoms with Gasteiger partial charge in [-0.2, -0.15) is 10.0 Å². The molecule has 8 rings (SSSR count). The van der Waals surface area contributed by atoms with E-state index in [1.54, 1.807) is 72.8 Å². The Morgan fingerprint density at radius 1 is 0.442 bits per heavy atom. The Morgan fingerprint density at radius 3 is 1.19 bits per heavy atom. The molecule has 0 unspecified atom stereocenters. The van der Waals surface area contributed by atoms with Crippen LogP contribution in [0.5, 0.6) is 0 Å². The first-order valence-electron chi connectivity index (χ1n) is 16.1. The van der Waals surface area contributed by atoms with E-state index in [1.165, 1.54) is 37.4 Å². The number of carbonyl (C=O) groups is 6. The molecule has 2 heterocycles. The lowest BCUT2D eigenvalue weighted by Crippen LogP contribution is -2.58. The molecule has 254 valence electrons. The van der Waals surface area contributed by atoms with Crippen molar-refractivity contribution in [2.45, 2.75) is 33.4 Å². The number of hydrogen-bond acceptors (Lipinski definition) is 8. The van der Waals surface area contributed by atoms with Crippen LogP contribution in [0.1, 0.15) is 55.3 Å². The van der Waals surface area contributed by atoms with Gasteiger partial charge in [-0.1, -0.05) is 72.1 Å². The van der Waals surface area contributed by atoms with Crippen molar-refractivity contribution in [3.8, 4) is 0 Å². The number of benzene rings is 6. The fourth-order valence-corrected chi connectivity index (χ4v) is 8.65. The number of anilines is 2. The molecule has 2 N–H and O–H groups in total. The predicted molar refractivity (Wildman–Crippen MR) is 199 cm³/mol. The van der Waals surface area contributed by atoms with E-state index in [4.69, 9.17) is 0 Å². The first kappa shape index (κ1) is 32.9. The molecule has 0 aromatic heterocycles. The zero-order chi connectivity index (χ0) is 36.3. The van der Waals surface area contributed by atoms with Crippen LogP contribution in [0, 0.1) is 0 Å². The number of hydrazine groups is 1. The molecule has 0 fully saturated rings. The van der Waals surface area contributed by atoms with Crippen LogP contribution in [0.3, 0.4) is 0 Å². The summed E-state index contributed by atoms with van der Waals surface area (Å²) in [4.78, 5) is 83.6. The maximum atomic E-state index is 14.2. The van der Waals surface area contributed by atoms with Crippen molar-refractivity contribution in [2.75, 3.05) is 10.6 Å². The number of rotatable bonds is 7. The van der Waals surface area contributed by atoms with Crippen LogP contribution in [-0.4, -0.2) is 45.5 Å². The van der Waals surface area contributed by atoms with Gasteiger partial charge in [0, 0.05) is 44.2 Å². The van der Waals surface area contributed by atoms with Gasteiger partial charge in [0.05, 0.1) is 33.6 Å². The molecule has 2 aliphatic heterocycles. The average Bonchev–Trinajstić information content (AvgIpc) is 3.13. The lowest BCUT2D eigenvalue weighted by Gasteiger charge is -2.37. The second-order valence-electron chi connectivity index (χ2n) is 12.1. The minimum Gasteiger partial charge on any atom is -0.325 e. The number of carbonyl (C=O) groups excluding carboxylic acids is 6. The lowest BCUT2D eigenvalue weighted by atomic mass is 9.93. The first-order valence-corrected chi connectivity index (χ1v) is 17.7. The Labute approximate surface area is 305 Å². The maximum absolute atomic E-state index is 14.2. The van der Waals surface area contributed by atoms with Gasteiger partial charge in [0.15, 0.2) is 0 Å².